The predicted molar refractivity (Wildman–Crippen MR) is 59.6 cm³/mol. The van der Waals surface area contributed by atoms with Gasteiger partial charge in [0.25, 0.3) is 0 Å². The lowest BCUT2D eigenvalue weighted by Crippen LogP contribution is -1.91. The van der Waals surface area contributed by atoms with Crippen LogP contribution >= 0.6 is 11.6 Å². The third kappa shape index (κ3) is 1.89. The van der Waals surface area contributed by atoms with Gasteiger partial charge in [-0.05, 0) is 12.1 Å². The molecule has 1 heterocycles. The van der Waals surface area contributed by atoms with E-state index in [1.165, 1.54) is 0 Å². The molecule has 0 aliphatic rings. The Hall–Kier alpha value is -1.32. The topological polar surface area (TPSA) is 38.0 Å². The van der Waals surface area contributed by atoms with Crippen LogP contribution < -0.4 is 0 Å². The monoisotopic (exact) mass is 222 g/mol. The lowest BCUT2D eigenvalue weighted by Gasteiger charge is -2.02. The van der Waals surface area contributed by atoms with Gasteiger partial charge < -0.3 is 9.67 Å². The van der Waals surface area contributed by atoms with Crippen molar-refractivity contribution in [1.29, 1.82) is 0 Å². The van der Waals surface area contributed by atoms with Crippen molar-refractivity contribution in [3.8, 4) is 11.4 Å². The highest BCUT2D eigenvalue weighted by molar-refractivity contribution is 6.33. The van der Waals surface area contributed by atoms with Gasteiger partial charge in [0.15, 0.2) is 0 Å². The van der Waals surface area contributed by atoms with Crippen LogP contribution in [0.3, 0.4) is 0 Å². The van der Waals surface area contributed by atoms with Crippen molar-refractivity contribution < 1.29 is 5.11 Å². The Morgan fingerprint density at radius 3 is 2.73 bits per heavy atom. The van der Waals surface area contributed by atoms with Gasteiger partial charge in [-0.15, -0.1) is 0 Å². The molecule has 2 rings (SSSR count). The molecule has 0 saturated heterocycles. The van der Waals surface area contributed by atoms with Gasteiger partial charge in [-0.25, -0.2) is 4.98 Å². The van der Waals surface area contributed by atoms with Crippen molar-refractivity contribution in [1.82, 2.24) is 9.55 Å². The van der Waals surface area contributed by atoms with Crippen LogP contribution in [0.5, 0.6) is 0 Å². The second kappa shape index (κ2) is 4.04. The summed E-state index contributed by atoms with van der Waals surface area (Å²) in [6.07, 6.45) is 1.79. The molecule has 0 radical (unpaired) electrons. The number of aliphatic hydroxyl groups excluding tert-OH is 1. The molecule has 3 nitrogen and oxygen atoms in total. The zero-order valence-electron chi connectivity index (χ0n) is 8.31. The van der Waals surface area contributed by atoms with Gasteiger partial charge in [0.05, 0.1) is 17.3 Å². The normalized spacial score (nSPS) is 10.6. The fourth-order valence-electron chi connectivity index (χ4n) is 1.50. The molecule has 15 heavy (non-hydrogen) atoms. The number of aliphatic hydroxyl groups is 1. The largest absolute Gasteiger partial charge is 0.390 e. The van der Waals surface area contributed by atoms with E-state index in [4.69, 9.17) is 16.7 Å². The number of aromatic nitrogens is 2. The Labute approximate surface area is 93.0 Å². The smallest absolute Gasteiger partial charge is 0.141 e. The van der Waals surface area contributed by atoms with E-state index in [-0.39, 0.29) is 6.61 Å². The summed E-state index contributed by atoms with van der Waals surface area (Å²) in [7, 11) is 1.88. The molecule has 0 spiro atoms. The van der Waals surface area contributed by atoms with Gasteiger partial charge in [-0.2, -0.15) is 0 Å². The molecule has 0 bridgehead atoms. The third-order valence-corrected chi connectivity index (χ3v) is 2.53. The van der Waals surface area contributed by atoms with E-state index in [1.807, 2.05) is 35.9 Å². The highest BCUT2D eigenvalue weighted by Crippen LogP contribution is 2.26. The summed E-state index contributed by atoms with van der Waals surface area (Å²) in [6, 6.07) is 7.52. The summed E-state index contributed by atoms with van der Waals surface area (Å²) < 4.78 is 1.85. The molecule has 1 aromatic heterocycles. The zero-order chi connectivity index (χ0) is 10.8. The number of imidazole rings is 1. The first kappa shape index (κ1) is 10.2. The number of nitrogens with zero attached hydrogens (tertiary/aromatic N) is 2. The van der Waals surface area contributed by atoms with Crippen LogP contribution in [0.25, 0.3) is 11.4 Å². The molecule has 0 aliphatic carbocycles. The number of hydrogen-bond donors (Lipinski definition) is 1. The molecule has 1 aromatic carbocycles. The molecular weight excluding hydrogens is 212 g/mol. The van der Waals surface area contributed by atoms with Crippen molar-refractivity contribution in [3.63, 3.8) is 0 Å². The fourth-order valence-corrected chi connectivity index (χ4v) is 1.72. The summed E-state index contributed by atoms with van der Waals surface area (Å²) in [5.74, 6) is 0.768. The third-order valence-electron chi connectivity index (χ3n) is 2.20. The Bertz CT molecular complexity index is 479. The standard InChI is InChI=1S/C11H11ClN2O/c1-14-6-8(7-15)13-11(14)9-4-2-3-5-10(9)12/h2-6,15H,7H2,1H3. The number of aryl methyl sites for hydroxylation is 1. The zero-order valence-corrected chi connectivity index (χ0v) is 9.07. The van der Waals surface area contributed by atoms with Crippen molar-refractivity contribution in [2.45, 2.75) is 6.61 Å². The second-order valence-corrected chi connectivity index (χ2v) is 3.71. The molecule has 2 aromatic rings. The summed E-state index contributed by atoms with van der Waals surface area (Å²) >= 11 is 6.07. The van der Waals surface area contributed by atoms with E-state index >= 15 is 0 Å². The van der Waals surface area contributed by atoms with E-state index in [9.17, 15) is 0 Å². The minimum Gasteiger partial charge on any atom is -0.390 e. The summed E-state index contributed by atoms with van der Waals surface area (Å²) in [6.45, 7) is -0.0572. The van der Waals surface area contributed by atoms with Crippen LogP contribution in [0.1, 0.15) is 5.69 Å². The molecule has 0 atom stereocenters. The average Bonchev–Trinajstić information content (AvgIpc) is 2.60. The first-order valence-electron chi connectivity index (χ1n) is 4.60. The van der Waals surface area contributed by atoms with Gasteiger partial charge in [0, 0.05) is 18.8 Å². The molecule has 1 N–H and O–H groups in total. The first-order valence-corrected chi connectivity index (χ1v) is 4.98. The van der Waals surface area contributed by atoms with Crippen LogP contribution in [0, 0.1) is 0 Å². The molecule has 0 saturated carbocycles. The van der Waals surface area contributed by atoms with Crippen molar-refractivity contribution in [3.05, 3.63) is 41.2 Å². The van der Waals surface area contributed by atoms with Gasteiger partial charge in [-0.3, -0.25) is 0 Å². The van der Waals surface area contributed by atoms with Gasteiger partial charge in [-0.1, -0.05) is 23.7 Å². The summed E-state index contributed by atoms with van der Waals surface area (Å²) in [5, 5.41) is 9.65. The molecule has 0 aliphatic heterocycles. The number of halogens is 1. The Morgan fingerprint density at radius 2 is 2.13 bits per heavy atom. The maximum Gasteiger partial charge on any atom is 0.141 e. The molecule has 4 heteroatoms. The molecular formula is C11H11ClN2O. The number of rotatable bonds is 2. The molecule has 78 valence electrons. The van der Waals surface area contributed by atoms with Gasteiger partial charge in [0.2, 0.25) is 0 Å². The maximum atomic E-state index is 8.98. The highest BCUT2D eigenvalue weighted by Gasteiger charge is 2.09. The maximum absolute atomic E-state index is 8.98. The van der Waals surface area contributed by atoms with Crippen molar-refractivity contribution in [2.24, 2.45) is 7.05 Å². The lowest BCUT2D eigenvalue weighted by molar-refractivity contribution is 0.277. The van der Waals surface area contributed by atoms with Crippen LogP contribution in [-0.4, -0.2) is 14.7 Å². The Balaban J connectivity index is 2.54. The van der Waals surface area contributed by atoms with Crippen molar-refractivity contribution >= 4 is 11.6 Å². The minimum atomic E-state index is -0.0572. The van der Waals surface area contributed by atoms with E-state index in [0.717, 1.165) is 11.4 Å². The summed E-state index contributed by atoms with van der Waals surface area (Å²) in [5.41, 5.74) is 1.52. The number of hydrogen-bond acceptors (Lipinski definition) is 2. The minimum absolute atomic E-state index is 0.0572. The predicted octanol–water partition coefficient (Wildman–Crippen LogP) is 2.23. The average molecular weight is 223 g/mol. The van der Waals surface area contributed by atoms with Crippen molar-refractivity contribution in [2.75, 3.05) is 0 Å². The first-order chi connectivity index (χ1) is 7.22. The summed E-state index contributed by atoms with van der Waals surface area (Å²) in [4.78, 5) is 4.29. The molecule has 0 fully saturated rings. The molecule has 0 unspecified atom stereocenters. The van der Waals surface area contributed by atoms with Crippen LogP contribution in [0.4, 0.5) is 0 Å². The number of benzene rings is 1. The van der Waals surface area contributed by atoms with Crippen LogP contribution in [0.15, 0.2) is 30.5 Å². The van der Waals surface area contributed by atoms with E-state index in [0.29, 0.717) is 10.7 Å². The SMILES string of the molecule is Cn1cc(CO)nc1-c1ccccc1Cl. The Kier molecular flexibility index (Phi) is 2.75. The lowest BCUT2D eigenvalue weighted by atomic mass is 10.2. The van der Waals surface area contributed by atoms with Crippen LogP contribution in [-0.2, 0) is 13.7 Å². The van der Waals surface area contributed by atoms with Gasteiger partial charge >= 0.3 is 0 Å². The fraction of sp³-hybridized carbons (Fsp3) is 0.182. The Morgan fingerprint density at radius 1 is 1.40 bits per heavy atom. The molecule has 0 amide bonds. The van der Waals surface area contributed by atoms with E-state index in [1.54, 1.807) is 6.20 Å². The highest BCUT2D eigenvalue weighted by atomic mass is 35.5. The van der Waals surface area contributed by atoms with E-state index in [2.05, 4.69) is 4.98 Å². The van der Waals surface area contributed by atoms with Gasteiger partial charge in [0.1, 0.15) is 5.82 Å². The quantitative estimate of drug-likeness (QED) is 0.846. The van der Waals surface area contributed by atoms with E-state index < -0.39 is 0 Å². The second-order valence-electron chi connectivity index (χ2n) is 3.30. The van der Waals surface area contributed by atoms with Crippen LogP contribution in [0.2, 0.25) is 5.02 Å².